The zero-order chi connectivity index (χ0) is 14.2. The van der Waals surface area contributed by atoms with E-state index in [4.69, 9.17) is 0 Å². The Balaban J connectivity index is 1.47. The molecule has 2 unspecified atom stereocenters. The van der Waals surface area contributed by atoms with Gasteiger partial charge < -0.3 is 0 Å². The van der Waals surface area contributed by atoms with Crippen LogP contribution in [-0.2, 0) is 0 Å². The van der Waals surface area contributed by atoms with Crippen LogP contribution >= 0.6 is 11.8 Å². The van der Waals surface area contributed by atoms with E-state index < -0.39 is 0 Å². The van der Waals surface area contributed by atoms with E-state index in [-0.39, 0.29) is 0 Å². The largest absolute Gasteiger partial charge is 0.153 e. The fraction of sp³-hybridized carbons (Fsp3) is 1.00. The van der Waals surface area contributed by atoms with Crippen molar-refractivity contribution in [3.05, 3.63) is 0 Å². The zero-order valence-electron chi connectivity index (χ0n) is 13.9. The molecule has 1 saturated heterocycles. The van der Waals surface area contributed by atoms with Gasteiger partial charge in [-0.05, 0) is 85.9 Å². The summed E-state index contributed by atoms with van der Waals surface area (Å²) in [5.41, 5.74) is 1.52. The summed E-state index contributed by atoms with van der Waals surface area (Å²) >= 11 is 2.33. The average Bonchev–Trinajstić information content (AvgIpc) is 3.08. The topological polar surface area (TPSA) is 0 Å². The second-order valence-electron chi connectivity index (χ2n) is 9.46. The number of hydrogen-bond donors (Lipinski definition) is 0. The van der Waals surface area contributed by atoms with Gasteiger partial charge in [0.25, 0.3) is 0 Å². The maximum atomic E-state index is 2.73. The number of thioether (sulfide) groups is 1. The highest BCUT2D eigenvalue weighted by molar-refractivity contribution is 8.07. The first-order chi connectivity index (χ1) is 10.2. The zero-order valence-corrected chi connectivity index (χ0v) is 14.8. The van der Waals surface area contributed by atoms with Gasteiger partial charge in [-0.15, -0.1) is 0 Å². The molecule has 1 aliphatic heterocycles. The lowest BCUT2D eigenvalue weighted by atomic mass is 9.45. The molecule has 1 heterocycles. The van der Waals surface area contributed by atoms with Crippen LogP contribution < -0.4 is 0 Å². The van der Waals surface area contributed by atoms with Gasteiger partial charge in [0.2, 0.25) is 0 Å². The third-order valence-electron chi connectivity index (χ3n) is 9.14. The van der Waals surface area contributed by atoms with Crippen LogP contribution in [-0.4, -0.2) is 10.5 Å². The monoisotopic (exact) mass is 304 g/mol. The molecule has 0 radical (unpaired) electrons. The molecule has 0 N–H and O–H groups in total. The van der Waals surface area contributed by atoms with E-state index >= 15 is 0 Å². The normalized spacial score (nSPS) is 61.4. The van der Waals surface area contributed by atoms with Crippen molar-refractivity contribution in [3.8, 4) is 0 Å². The Labute approximate surface area is 135 Å². The van der Waals surface area contributed by atoms with Gasteiger partial charge in [0.05, 0.1) is 0 Å². The number of hydrogen-bond acceptors (Lipinski definition) is 1. The molecule has 0 bridgehead atoms. The second-order valence-corrected chi connectivity index (χ2v) is 10.9. The highest BCUT2D eigenvalue weighted by atomic mass is 32.2. The maximum Gasteiger partial charge on any atom is 0.0175 e. The van der Waals surface area contributed by atoms with Gasteiger partial charge in [0.15, 0.2) is 0 Å². The Hall–Kier alpha value is 0.350. The van der Waals surface area contributed by atoms with Crippen molar-refractivity contribution in [1.29, 1.82) is 0 Å². The lowest BCUT2D eigenvalue weighted by Gasteiger charge is -2.60. The average molecular weight is 305 g/mol. The van der Waals surface area contributed by atoms with Crippen molar-refractivity contribution in [2.24, 2.45) is 34.5 Å². The van der Waals surface area contributed by atoms with Crippen LogP contribution in [0.1, 0.15) is 78.1 Å². The third kappa shape index (κ3) is 1.76. The van der Waals surface area contributed by atoms with Crippen LogP contribution in [0.15, 0.2) is 0 Å². The first-order valence-corrected chi connectivity index (χ1v) is 10.8. The van der Waals surface area contributed by atoms with Crippen molar-refractivity contribution >= 4 is 11.8 Å². The first-order valence-electron chi connectivity index (χ1n) is 9.82. The second kappa shape index (κ2) is 4.46. The van der Waals surface area contributed by atoms with E-state index in [1.54, 1.807) is 57.8 Å². The predicted octanol–water partition coefficient (Wildman–Crippen LogP) is 5.90. The van der Waals surface area contributed by atoms with Crippen molar-refractivity contribution in [3.63, 3.8) is 0 Å². The minimum Gasteiger partial charge on any atom is -0.153 e. The predicted molar refractivity (Wildman–Crippen MR) is 91.5 cm³/mol. The molecule has 4 aliphatic carbocycles. The molecule has 5 aliphatic rings. The summed E-state index contributed by atoms with van der Waals surface area (Å²) in [6, 6.07) is 0. The van der Waals surface area contributed by atoms with Gasteiger partial charge in [-0.2, -0.15) is 11.8 Å². The minimum absolute atomic E-state index is 0.732. The summed E-state index contributed by atoms with van der Waals surface area (Å²) in [7, 11) is 0. The van der Waals surface area contributed by atoms with Crippen molar-refractivity contribution in [2.45, 2.75) is 88.6 Å². The van der Waals surface area contributed by atoms with Gasteiger partial charge in [0.1, 0.15) is 0 Å². The SMILES string of the molecule is CC[C@@]12CCC[C@H]1[C@@H]1CC[C@H]3CC4SC4C[C@]3(C)[C@H]1CC2. The summed E-state index contributed by atoms with van der Waals surface area (Å²) in [6.45, 7) is 5.23. The lowest BCUT2D eigenvalue weighted by Crippen LogP contribution is -2.53. The summed E-state index contributed by atoms with van der Waals surface area (Å²) in [4.78, 5) is 0. The molecule has 5 fully saturated rings. The molecule has 8 atom stereocenters. The molecule has 0 amide bonds. The van der Waals surface area contributed by atoms with Crippen LogP contribution in [0.3, 0.4) is 0 Å². The Morgan fingerprint density at radius 2 is 1.90 bits per heavy atom. The van der Waals surface area contributed by atoms with E-state index in [2.05, 4.69) is 25.6 Å². The van der Waals surface area contributed by atoms with Gasteiger partial charge >= 0.3 is 0 Å². The van der Waals surface area contributed by atoms with Crippen LogP contribution in [0.25, 0.3) is 0 Å². The number of rotatable bonds is 1. The molecule has 0 spiro atoms. The van der Waals surface area contributed by atoms with Crippen molar-refractivity contribution in [2.75, 3.05) is 0 Å². The Morgan fingerprint density at radius 1 is 1.00 bits per heavy atom. The molecule has 0 nitrogen and oxygen atoms in total. The van der Waals surface area contributed by atoms with Crippen LogP contribution in [0.4, 0.5) is 0 Å². The summed E-state index contributed by atoms with van der Waals surface area (Å²) < 4.78 is 0. The quantitative estimate of drug-likeness (QED) is 0.543. The van der Waals surface area contributed by atoms with E-state index in [0.29, 0.717) is 0 Å². The van der Waals surface area contributed by atoms with Gasteiger partial charge in [-0.1, -0.05) is 26.7 Å². The molecule has 1 heteroatoms. The highest BCUT2D eigenvalue weighted by Crippen LogP contribution is 2.70. The summed E-state index contributed by atoms with van der Waals surface area (Å²) in [6.07, 6.45) is 15.7. The van der Waals surface area contributed by atoms with E-state index in [9.17, 15) is 0 Å². The Kier molecular flexibility index (Phi) is 2.92. The summed E-state index contributed by atoms with van der Waals surface area (Å²) in [5.74, 6) is 4.41. The molecular formula is C20H32S. The van der Waals surface area contributed by atoms with Gasteiger partial charge in [-0.3, -0.25) is 0 Å². The summed E-state index contributed by atoms with van der Waals surface area (Å²) in [5, 5.41) is 2.16. The van der Waals surface area contributed by atoms with E-state index in [0.717, 1.165) is 45.0 Å². The molecule has 0 aromatic carbocycles. The van der Waals surface area contributed by atoms with E-state index in [1.165, 1.54) is 6.42 Å². The molecule has 5 rings (SSSR count). The fourth-order valence-corrected chi connectivity index (χ4v) is 9.29. The Morgan fingerprint density at radius 3 is 2.76 bits per heavy atom. The Bertz CT molecular complexity index is 445. The van der Waals surface area contributed by atoms with Crippen molar-refractivity contribution in [1.82, 2.24) is 0 Å². The van der Waals surface area contributed by atoms with Crippen LogP contribution in [0.5, 0.6) is 0 Å². The minimum atomic E-state index is 0.732. The van der Waals surface area contributed by atoms with E-state index in [1.807, 2.05) is 0 Å². The maximum absolute atomic E-state index is 2.73. The fourth-order valence-electron chi connectivity index (χ4n) is 7.93. The molecule has 118 valence electrons. The molecular weight excluding hydrogens is 272 g/mol. The first kappa shape index (κ1) is 13.8. The third-order valence-corrected chi connectivity index (χ3v) is 10.5. The van der Waals surface area contributed by atoms with Crippen LogP contribution in [0, 0.1) is 34.5 Å². The van der Waals surface area contributed by atoms with Crippen LogP contribution in [0.2, 0.25) is 0 Å². The molecule has 0 aromatic heterocycles. The smallest absolute Gasteiger partial charge is 0.0175 e. The molecule has 0 aromatic rings. The number of fused-ring (bicyclic) bond motifs is 6. The lowest BCUT2D eigenvalue weighted by molar-refractivity contribution is -0.103. The highest BCUT2D eigenvalue weighted by Gasteiger charge is 2.62. The van der Waals surface area contributed by atoms with Gasteiger partial charge in [-0.25, -0.2) is 0 Å². The molecule has 21 heavy (non-hydrogen) atoms. The van der Waals surface area contributed by atoms with Crippen molar-refractivity contribution < 1.29 is 0 Å². The standard InChI is InChI=1S/C20H32S/c1-3-20-9-4-5-16(20)14-7-6-13-11-17-18(21-17)12-19(13,2)15(14)8-10-20/h13-18H,3-12H2,1-2H3/t13-,14+,15-,16-,17?,18?,19-,20-/m0/s1. The molecule has 4 saturated carbocycles. The van der Waals surface area contributed by atoms with Gasteiger partial charge in [0, 0.05) is 10.5 Å².